The number of unbranched alkanes of at least 4 members (excludes halogenated alkanes) is 1. The maximum absolute atomic E-state index is 6.00. The summed E-state index contributed by atoms with van der Waals surface area (Å²) in [6.45, 7) is 4.73. The lowest BCUT2D eigenvalue weighted by atomic mass is 9.95. The van der Waals surface area contributed by atoms with Gasteiger partial charge in [-0.2, -0.15) is 0 Å². The van der Waals surface area contributed by atoms with Crippen LogP contribution in [-0.4, -0.2) is 33.0 Å². The van der Waals surface area contributed by atoms with E-state index in [0.717, 1.165) is 47.1 Å². The van der Waals surface area contributed by atoms with Crippen LogP contribution in [0, 0.1) is 0 Å². The minimum atomic E-state index is -0.382. The van der Waals surface area contributed by atoms with E-state index in [1.54, 1.807) is 26.0 Å². The van der Waals surface area contributed by atoms with Crippen LogP contribution in [0.25, 0.3) is 0 Å². The molecule has 0 amide bonds. The molecular formula is C22H27NO4S. The molecule has 0 saturated heterocycles. The molecule has 0 N–H and O–H groups in total. The SMILES string of the molecule is COc1ccc(SCCCCOc2cccc3c2N=COC3(C)C)cc1OC. The van der Waals surface area contributed by atoms with E-state index in [0.29, 0.717) is 6.61 Å². The zero-order valence-electron chi connectivity index (χ0n) is 16.9. The maximum atomic E-state index is 6.00. The van der Waals surface area contributed by atoms with E-state index < -0.39 is 0 Å². The maximum Gasteiger partial charge on any atom is 0.175 e. The molecule has 0 saturated carbocycles. The molecular weight excluding hydrogens is 374 g/mol. The van der Waals surface area contributed by atoms with Gasteiger partial charge in [-0.1, -0.05) is 12.1 Å². The molecule has 0 aliphatic carbocycles. The highest BCUT2D eigenvalue weighted by Gasteiger charge is 2.29. The van der Waals surface area contributed by atoms with Crippen molar-refractivity contribution in [2.24, 2.45) is 4.99 Å². The molecule has 0 unspecified atom stereocenters. The van der Waals surface area contributed by atoms with Gasteiger partial charge in [0.25, 0.3) is 0 Å². The minimum absolute atomic E-state index is 0.382. The lowest BCUT2D eigenvalue weighted by Crippen LogP contribution is -2.23. The summed E-state index contributed by atoms with van der Waals surface area (Å²) in [6.07, 6.45) is 3.55. The Labute approximate surface area is 171 Å². The third-order valence-corrected chi connectivity index (χ3v) is 5.68. The molecule has 28 heavy (non-hydrogen) atoms. The summed E-state index contributed by atoms with van der Waals surface area (Å²) in [7, 11) is 3.30. The van der Waals surface area contributed by atoms with Gasteiger partial charge < -0.3 is 18.9 Å². The Morgan fingerprint density at radius 1 is 1.00 bits per heavy atom. The molecule has 150 valence electrons. The van der Waals surface area contributed by atoms with Crippen molar-refractivity contribution >= 4 is 23.8 Å². The summed E-state index contributed by atoms with van der Waals surface area (Å²) in [6, 6.07) is 12.0. The van der Waals surface area contributed by atoms with Gasteiger partial charge in [0.15, 0.2) is 17.9 Å². The number of thioether (sulfide) groups is 1. The molecule has 3 rings (SSSR count). The van der Waals surface area contributed by atoms with Crippen LogP contribution >= 0.6 is 11.8 Å². The van der Waals surface area contributed by atoms with Crippen molar-refractivity contribution in [2.45, 2.75) is 37.2 Å². The number of methoxy groups -OCH3 is 2. The van der Waals surface area contributed by atoms with Crippen molar-refractivity contribution in [3.63, 3.8) is 0 Å². The monoisotopic (exact) mass is 401 g/mol. The first kappa shape index (κ1) is 20.4. The van der Waals surface area contributed by atoms with Gasteiger partial charge in [0.2, 0.25) is 0 Å². The van der Waals surface area contributed by atoms with E-state index in [-0.39, 0.29) is 5.60 Å². The largest absolute Gasteiger partial charge is 0.493 e. The Bertz CT molecular complexity index is 835. The third kappa shape index (κ3) is 4.73. The Morgan fingerprint density at radius 3 is 2.61 bits per heavy atom. The number of nitrogens with zero attached hydrogens (tertiary/aromatic N) is 1. The van der Waals surface area contributed by atoms with Gasteiger partial charge in [-0.3, -0.25) is 0 Å². The summed E-state index contributed by atoms with van der Waals surface area (Å²) in [5, 5.41) is 0. The van der Waals surface area contributed by atoms with E-state index >= 15 is 0 Å². The molecule has 2 aromatic rings. The van der Waals surface area contributed by atoms with Crippen molar-refractivity contribution in [1.29, 1.82) is 0 Å². The molecule has 0 spiro atoms. The fraction of sp³-hybridized carbons (Fsp3) is 0.409. The predicted molar refractivity (Wildman–Crippen MR) is 114 cm³/mol. The Balaban J connectivity index is 1.46. The van der Waals surface area contributed by atoms with Crippen LogP contribution in [0.3, 0.4) is 0 Å². The normalized spacial score (nSPS) is 14.1. The fourth-order valence-corrected chi connectivity index (χ4v) is 3.95. The molecule has 0 radical (unpaired) electrons. The Kier molecular flexibility index (Phi) is 6.73. The molecule has 1 heterocycles. The van der Waals surface area contributed by atoms with Crippen molar-refractivity contribution < 1.29 is 18.9 Å². The first-order valence-electron chi connectivity index (χ1n) is 9.36. The van der Waals surface area contributed by atoms with Crippen LogP contribution in [-0.2, 0) is 10.3 Å². The minimum Gasteiger partial charge on any atom is -0.493 e. The fourth-order valence-electron chi connectivity index (χ4n) is 3.01. The lowest BCUT2D eigenvalue weighted by molar-refractivity contribution is 0.0997. The topological polar surface area (TPSA) is 49.3 Å². The number of para-hydroxylation sites is 1. The van der Waals surface area contributed by atoms with E-state index in [4.69, 9.17) is 18.9 Å². The van der Waals surface area contributed by atoms with Crippen LogP contribution < -0.4 is 14.2 Å². The van der Waals surface area contributed by atoms with Crippen molar-refractivity contribution in [2.75, 3.05) is 26.6 Å². The second-order valence-corrected chi connectivity index (χ2v) is 8.10. The van der Waals surface area contributed by atoms with Gasteiger partial charge in [-0.05, 0) is 56.7 Å². The Hall–Kier alpha value is -2.34. The number of ether oxygens (including phenoxy) is 4. The molecule has 1 aliphatic rings. The summed E-state index contributed by atoms with van der Waals surface area (Å²) < 4.78 is 22.2. The first-order valence-corrected chi connectivity index (χ1v) is 10.3. The number of benzene rings is 2. The summed E-state index contributed by atoms with van der Waals surface area (Å²) >= 11 is 1.81. The number of rotatable bonds is 9. The van der Waals surface area contributed by atoms with E-state index in [2.05, 4.69) is 11.1 Å². The average Bonchev–Trinajstić information content (AvgIpc) is 2.70. The lowest BCUT2D eigenvalue weighted by Gasteiger charge is -2.29. The molecule has 5 nitrogen and oxygen atoms in total. The van der Waals surface area contributed by atoms with Crippen LogP contribution in [0.4, 0.5) is 5.69 Å². The summed E-state index contributed by atoms with van der Waals surface area (Å²) in [5.41, 5.74) is 1.54. The van der Waals surface area contributed by atoms with Crippen LogP contribution in [0.1, 0.15) is 32.3 Å². The average molecular weight is 402 g/mol. The molecule has 0 aromatic heterocycles. The number of aliphatic imine (C=N–C) groups is 1. The van der Waals surface area contributed by atoms with Crippen LogP contribution in [0.15, 0.2) is 46.3 Å². The number of hydrogen-bond donors (Lipinski definition) is 0. The Morgan fingerprint density at radius 2 is 1.82 bits per heavy atom. The van der Waals surface area contributed by atoms with E-state index in [9.17, 15) is 0 Å². The zero-order valence-corrected chi connectivity index (χ0v) is 17.7. The van der Waals surface area contributed by atoms with Gasteiger partial charge >= 0.3 is 0 Å². The van der Waals surface area contributed by atoms with Crippen molar-refractivity contribution in [3.8, 4) is 17.2 Å². The summed E-state index contributed by atoms with van der Waals surface area (Å²) in [5.74, 6) is 3.35. The molecule has 6 heteroatoms. The van der Waals surface area contributed by atoms with Gasteiger partial charge in [-0.25, -0.2) is 4.99 Å². The number of fused-ring (bicyclic) bond motifs is 1. The number of hydrogen-bond acceptors (Lipinski definition) is 6. The highest BCUT2D eigenvalue weighted by molar-refractivity contribution is 7.99. The van der Waals surface area contributed by atoms with Crippen LogP contribution in [0.2, 0.25) is 0 Å². The molecule has 1 aliphatic heterocycles. The smallest absolute Gasteiger partial charge is 0.175 e. The molecule has 0 fully saturated rings. The van der Waals surface area contributed by atoms with Gasteiger partial charge in [0.1, 0.15) is 17.0 Å². The highest BCUT2D eigenvalue weighted by atomic mass is 32.2. The van der Waals surface area contributed by atoms with Crippen molar-refractivity contribution in [3.05, 3.63) is 42.0 Å². The standard InChI is InChI=1S/C22H27NO4S/c1-22(2)17-8-7-9-19(21(17)23-15-27-22)26-12-5-6-13-28-16-10-11-18(24-3)20(14-16)25-4/h7-11,14-15H,5-6,12-13H2,1-4H3. The van der Waals surface area contributed by atoms with Crippen molar-refractivity contribution in [1.82, 2.24) is 0 Å². The van der Waals surface area contributed by atoms with Gasteiger partial charge in [0, 0.05) is 10.5 Å². The summed E-state index contributed by atoms with van der Waals surface area (Å²) in [4.78, 5) is 5.55. The molecule has 2 aromatic carbocycles. The van der Waals surface area contributed by atoms with Gasteiger partial charge in [0.05, 0.1) is 20.8 Å². The zero-order chi connectivity index (χ0) is 20.0. The molecule has 0 atom stereocenters. The van der Waals surface area contributed by atoms with Crippen LogP contribution in [0.5, 0.6) is 17.2 Å². The van der Waals surface area contributed by atoms with E-state index in [1.807, 2.05) is 44.2 Å². The molecule has 0 bridgehead atoms. The first-order chi connectivity index (χ1) is 13.5. The predicted octanol–water partition coefficient (Wildman–Crippen LogP) is 5.58. The highest BCUT2D eigenvalue weighted by Crippen LogP contribution is 2.41. The van der Waals surface area contributed by atoms with Gasteiger partial charge in [-0.15, -0.1) is 11.8 Å². The van der Waals surface area contributed by atoms with E-state index in [1.165, 1.54) is 11.3 Å². The third-order valence-electron chi connectivity index (χ3n) is 4.60. The second kappa shape index (κ2) is 9.24. The second-order valence-electron chi connectivity index (χ2n) is 6.94. The quantitative estimate of drug-likeness (QED) is 0.405.